The first kappa shape index (κ1) is 15.8. The summed E-state index contributed by atoms with van der Waals surface area (Å²) in [6.07, 6.45) is 1.80. The van der Waals surface area contributed by atoms with Crippen molar-refractivity contribution in [2.75, 3.05) is 5.75 Å². The van der Waals surface area contributed by atoms with Crippen LogP contribution < -0.4 is 0 Å². The van der Waals surface area contributed by atoms with Crippen molar-refractivity contribution in [3.63, 3.8) is 0 Å². The Labute approximate surface area is 126 Å². The molecule has 7 nitrogen and oxygen atoms in total. The van der Waals surface area contributed by atoms with Gasteiger partial charge in [0.2, 0.25) is 10.0 Å². The van der Waals surface area contributed by atoms with Crippen LogP contribution in [0.2, 0.25) is 0 Å². The molecule has 1 fully saturated rings. The number of nitrogens with zero attached hydrogens (tertiary/aromatic N) is 3. The molecule has 2 heterocycles. The molecule has 1 aliphatic heterocycles. The van der Waals surface area contributed by atoms with Gasteiger partial charge in [0, 0.05) is 11.9 Å². The van der Waals surface area contributed by atoms with Crippen LogP contribution in [0.5, 0.6) is 0 Å². The van der Waals surface area contributed by atoms with Crippen molar-refractivity contribution < 1.29 is 18.3 Å². The number of thioether (sulfide) groups is 1. The molecule has 1 N–H and O–H groups in total. The quantitative estimate of drug-likeness (QED) is 0.873. The van der Waals surface area contributed by atoms with Gasteiger partial charge in [0.1, 0.15) is 17.0 Å². The van der Waals surface area contributed by atoms with E-state index in [1.165, 1.54) is 30.1 Å². The maximum atomic E-state index is 12.8. The van der Waals surface area contributed by atoms with E-state index in [4.69, 9.17) is 5.26 Å². The molecule has 1 saturated heterocycles. The second kappa shape index (κ2) is 6.01. The first-order valence-corrected chi connectivity index (χ1v) is 8.65. The first-order chi connectivity index (χ1) is 9.93. The fourth-order valence-electron chi connectivity index (χ4n) is 2.15. The molecule has 0 amide bonds. The summed E-state index contributed by atoms with van der Waals surface area (Å²) in [5.74, 6) is -1.00. The highest BCUT2D eigenvalue weighted by Gasteiger charge is 2.46. The number of hydrogen-bond acceptors (Lipinski definition) is 6. The number of hydrogen-bond donors (Lipinski definition) is 1. The minimum Gasteiger partial charge on any atom is -0.480 e. The monoisotopic (exact) mass is 327 g/mol. The van der Waals surface area contributed by atoms with Crippen LogP contribution in [0.4, 0.5) is 0 Å². The lowest BCUT2D eigenvalue weighted by Gasteiger charge is -2.25. The van der Waals surface area contributed by atoms with Crippen LogP contribution in [-0.4, -0.2) is 46.0 Å². The number of carboxylic acids is 1. The fraction of sp³-hybridized carbons (Fsp3) is 0.417. The first-order valence-electron chi connectivity index (χ1n) is 6.16. The van der Waals surface area contributed by atoms with Crippen LogP contribution in [0, 0.1) is 11.3 Å². The zero-order valence-electron chi connectivity index (χ0n) is 11.1. The van der Waals surface area contributed by atoms with Crippen molar-refractivity contribution in [2.24, 2.45) is 0 Å². The lowest BCUT2D eigenvalue weighted by molar-refractivity contribution is -0.140. The zero-order chi connectivity index (χ0) is 15.6. The molecule has 1 aromatic heterocycles. The Kier molecular flexibility index (Phi) is 4.51. The summed E-state index contributed by atoms with van der Waals surface area (Å²) >= 11 is 1.28. The van der Waals surface area contributed by atoms with E-state index in [1.807, 2.05) is 0 Å². The summed E-state index contributed by atoms with van der Waals surface area (Å²) in [7, 11) is -4.09. The van der Waals surface area contributed by atoms with E-state index in [0.717, 1.165) is 4.31 Å². The molecule has 2 unspecified atom stereocenters. The van der Waals surface area contributed by atoms with Gasteiger partial charge in [-0.25, -0.2) is 13.4 Å². The van der Waals surface area contributed by atoms with E-state index in [9.17, 15) is 18.3 Å². The van der Waals surface area contributed by atoms with E-state index < -0.39 is 27.4 Å². The third-order valence-corrected chi connectivity index (χ3v) is 6.64. The predicted octanol–water partition coefficient (Wildman–Crippen LogP) is 0.880. The van der Waals surface area contributed by atoms with Crippen LogP contribution in [0.3, 0.4) is 0 Å². The molecular weight excluding hydrogens is 314 g/mol. The van der Waals surface area contributed by atoms with Crippen molar-refractivity contribution >= 4 is 27.8 Å². The van der Waals surface area contributed by atoms with Crippen molar-refractivity contribution in [3.05, 3.63) is 24.0 Å². The van der Waals surface area contributed by atoms with Crippen molar-refractivity contribution in [1.29, 1.82) is 5.26 Å². The smallest absolute Gasteiger partial charge is 0.322 e. The lowest BCUT2D eigenvalue weighted by atomic mass is 10.3. The van der Waals surface area contributed by atoms with Crippen molar-refractivity contribution in [1.82, 2.24) is 9.29 Å². The van der Waals surface area contributed by atoms with Gasteiger partial charge in [0.05, 0.1) is 5.37 Å². The van der Waals surface area contributed by atoms with Gasteiger partial charge in [-0.05, 0) is 18.6 Å². The SMILES string of the molecule is CCC1SCC(C(=O)O)N1S(=O)(=O)c1cccnc1C#N. The van der Waals surface area contributed by atoms with Crippen molar-refractivity contribution in [2.45, 2.75) is 29.7 Å². The van der Waals surface area contributed by atoms with E-state index >= 15 is 0 Å². The fourth-order valence-corrected chi connectivity index (χ4v) is 5.78. The molecule has 9 heteroatoms. The van der Waals surface area contributed by atoms with Gasteiger partial charge in [-0.15, -0.1) is 11.8 Å². The normalized spacial score (nSPS) is 22.9. The van der Waals surface area contributed by atoms with Gasteiger partial charge in [0.25, 0.3) is 0 Å². The second-order valence-electron chi connectivity index (χ2n) is 4.35. The summed E-state index contributed by atoms with van der Waals surface area (Å²) in [6, 6.07) is 3.29. The van der Waals surface area contributed by atoms with Crippen LogP contribution in [0.15, 0.2) is 23.2 Å². The van der Waals surface area contributed by atoms with E-state index in [1.54, 1.807) is 13.0 Å². The second-order valence-corrected chi connectivity index (χ2v) is 7.37. The van der Waals surface area contributed by atoms with Gasteiger partial charge >= 0.3 is 5.97 Å². The van der Waals surface area contributed by atoms with E-state index in [2.05, 4.69) is 4.98 Å². The molecule has 0 spiro atoms. The Morgan fingerprint density at radius 3 is 2.95 bits per heavy atom. The Balaban J connectivity index is 2.55. The van der Waals surface area contributed by atoms with Crippen molar-refractivity contribution in [3.8, 4) is 6.07 Å². The predicted molar refractivity (Wildman–Crippen MR) is 75.9 cm³/mol. The number of rotatable bonds is 4. The average molecular weight is 327 g/mol. The Morgan fingerprint density at radius 1 is 1.67 bits per heavy atom. The molecule has 0 saturated carbocycles. The van der Waals surface area contributed by atoms with Crippen LogP contribution >= 0.6 is 11.8 Å². The maximum Gasteiger partial charge on any atom is 0.322 e. The van der Waals surface area contributed by atoms with E-state index in [-0.39, 0.29) is 16.3 Å². The van der Waals surface area contributed by atoms with Crippen LogP contribution in [0.1, 0.15) is 19.0 Å². The molecule has 1 aliphatic rings. The standard InChI is InChI=1S/C12H13N3O4S2/c1-2-11-15(9(7-20-11)12(16)17)21(18,19)10-4-3-5-14-8(10)6-13/h3-5,9,11H,2,7H2,1H3,(H,16,17). The minimum absolute atomic E-state index is 0.190. The number of pyridine rings is 1. The Bertz CT molecular complexity index is 699. The number of sulfonamides is 1. The average Bonchev–Trinajstić information content (AvgIpc) is 2.92. The molecule has 1 aromatic rings. The number of aromatic nitrogens is 1. The largest absolute Gasteiger partial charge is 0.480 e. The van der Waals surface area contributed by atoms with Crippen LogP contribution in [0.25, 0.3) is 0 Å². The maximum absolute atomic E-state index is 12.8. The van der Waals surface area contributed by atoms with Gasteiger partial charge in [0.15, 0.2) is 5.69 Å². The van der Waals surface area contributed by atoms with Gasteiger partial charge in [-0.1, -0.05) is 6.92 Å². The minimum atomic E-state index is -4.09. The van der Waals surface area contributed by atoms with Gasteiger partial charge in [-0.2, -0.15) is 9.57 Å². The molecule has 0 bridgehead atoms. The third-order valence-electron chi connectivity index (χ3n) is 3.10. The summed E-state index contributed by atoms with van der Waals surface area (Å²) in [6.45, 7) is 1.79. The highest BCUT2D eigenvalue weighted by molar-refractivity contribution is 8.01. The molecular formula is C12H13N3O4S2. The topological polar surface area (TPSA) is 111 Å². The highest BCUT2D eigenvalue weighted by atomic mass is 32.2. The highest BCUT2D eigenvalue weighted by Crippen LogP contribution is 2.36. The molecule has 112 valence electrons. The molecule has 0 aromatic carbocycles. The number of carbonyl (C=O) groups is 1. The Hall–Kier alpha value is -1.63. The Morgan fingerprint density at radius 2 is 2.38 bits per heavy atom. The number of carboxylic acid groups (broad SMARTS) is 1. The molecule has 21 heavy (non-hydrogen) atoms. The molecule has 2 atom stereocenters. The molecule has 0 aliphatic carbocycles. The summed E-state index contributed by atoms with van der Waals surface area (Å²) in [4.78, 5) is 14.8. The van der Waals surface area contributed by atoms with E-state index in [0.29, 0.717) is 6.42 Å². The van der Waals surface area contributed by atoms with Crippen LogP contribution in [-0.2, 0) is 14.8 Å². The summed E-state index contributed by atoms with van der Waals surface area (Å²) < 4.78 is 26.5. The summed E-state index contributed by atoms with van der Waals surface area (Å²) in [5, 5.41) is 17.8. The lowest BCUT2D eigenvalue weighted by Crippen LogP contribution is -2.45. The molecule has 2 rings (SSSR count). The molecule has 0 radical (unpaired) electrons. The van der Waals surface area contributed by atoms with Gasteiger partial charge < -0.3 is 5.11 Å². The zero-order valence-corrected chi connectivity index (χ0v) is 12.8. The number of aliphatic carboxylic acids is 1. The third kappa shape index (κ3) is 2.74. The number of nitriles is 1. The van der Waals surface area contributed by atoms with Gasteiger partial charge in [-0.3, -0.25) is 4.79 Å². The summed E-state index contributed by atoms with van der Waals surface area (Å²) in [5.41, 5.74) is -0.228.